The van der Waals surface area contributed by atoms with Crippen LogP contribution in [0.2, 0.25) is 0 Å². The van der Waals surface area contributed by atoms with E-state index in [1.54, 1.807) is 5.82 Å². The zero-order valence-electron chi connectivity index (χ0n) is 20.4. The Morgan fingerprint density at radius 3 is 1.19 bits per heavy atom. The smallest absolute Gasteiger partial charge is 0.507 e. The molecule has 0 fully saturated rings. The molecule has 0 saturated heterocycles. The van der Waals surface area contributed by atoms with Gasteiger partial charge in [-0.2, -0.15) is 43.3 Å². The topological polar surface area (TPSA) is 20.2 Å². The van der Waals surface area contributed by atoms with Gasteiger partial charge in [0.05, 0.1) is 0 Å². The van der Waals surface area contributed by atoms with Crippen molar-refractivity contribution in [1.29, 1.82) is 0 Å². The number of aliphatic hydroxyl groups is 1. The Bertz CT molecular complexity index is 1210. The Hall–Kier alpha value is -3.14. The molecule has 0 aromatic heterocycles. The van der Waals surface area contributed by atoms with Gasteiger partial charge < -0.3 is 11.4 Å². The maximum atomic E-state index is 9.17. The van der Waals surface area contributed by atoms with E-state index in [0.29, 0.717) is 5.76 Å². The van der Waals surface area contributed by atoms with Crippen molar-refractivity contribution in [2.75, 3.05) is 0 Å². The van der Waals surface area contributed by atoms with E-state index < -0.39 is 6.89 Å². The summed E-state index contributed by atoms with van der Waals surface area (Å²) < 4.78 is 0. The molecule has 1 atom stereocenters. The Labute approximate surface area is 234 Å². The van der Waals surface area contributed by atoms with E-state index >= 15 is 0 Å². The van der Waals surface area contributed by atoms with Crippen LogP contribution in [-0.4, -0.2) is 11.4 Å². The standard InChI is InChI=1S/C19H16P.C8H9OP.C6H5.Ni/c1-20(17-11-5-2-6-12-17,18-13-7-3-8-14-18)19-15-9-4-10-16-19;9-8(6-10)7-4-2-1-3-5-7;1-2-4-6-5-3-1;/h1-16H;1-6,9H,10H2;1-5H;/q-1;;-1;+2/b;8-6-;;. The molecule has 5 aromatic rings. The van der Waals surface area contributed by atoms with Crippen LogP contribution in [-0.2, 0) is 16.5 Å². The van der Waals surface area contributed by atoms with Crippen molar-refractivity contribution in [2.24, 2.45) is 0 Å². The van der Waals surface area contributed by atoms with Gasteiger partial charge in [0.1, 0.15) is 5.76 Å². The Morgan fingerprint density at radius 1 is 0.595 bits per heavy atom. The summed E-state index contributed by atoms with van der Waals surface area (Å²) in [6.07, 6.45) is 6.97. The van der Waals surface area contributed by atoms with E-state index in [4.69, 9.17) is 11.4 Å². The first-order valence-corrected chi connectivity index (χ1v) is 14.1. The van der Waals surface area contributed by atoms with Crippen molar-refractivity contribution in [3.63, 3.8) is 0 Å². The SMILES string of the molecule is O/C(=C\P)c1ccccc1.[CH-]=P(c1ccccc1)(c1ccccc1)c1ccccc1.[Ni+2].[c-]1ccccc1. The number of aliphatic hydroxyl groups excluding tert-OH is 1. The fourth-order valence-electron chi connectivity index (χ4n) is 3.48. The minimum atomic E-state index is -2.03. The molecule has 0 heterocycles. The van der Waals surface area contributed by atoms with Crippen LogP contribution >= 0.6 is 16.1 Å². The van der Waals surface area contributed by atoms with Gasteiger partial charge >= 0.3 is 16.5 Å². The zero-order chi connectivity index (χ0) is 25.5. The number of hydrogen-bond acceptors (Lipinski definition) is 1. The van der Waals surface area contributed by atoms with Crippen molar-refractivity contribution >= 4 is 44.1 Å². The third kappa shape index (κ3) is 9.03. The summed E-state index contributed by atoms with van der Waals surface area (Å²) in [4.78, 5) is 0. The molecular weight excluding hydrogens is 533 g/mol. The van der Waals surface area contributed by atoms with Crippen molar-refractivity contribution in [2.45, 2.75) is 0 Å². The summed E-state index contributed by atoms with van der Waals surface area (Å²) in [6.45, 7) is -2.03. The van der Waals surface area contributed by atoms with Crippen LogP contribution in [0.4, 0.5) is 0 Å². The molecule has 5 rings (SSSR count). The molecule has 0 amide bonds. The first kappa shape index (κ1) is 30.1. The summed E-state index contributed by atoms with van der Waals surface area (Å²) in [5.41, 5.74) is 0.845. The molecular formula is C33H30NiOP2. The zero-order valence-corrected chi connectivity index (χ0v) is 23.4. The molecule has 0 saturated carbocycles. The first-order chi connectivity index (χ1) is 17.7. The van der Waals surface area contributed by atoms with Crippen molar-refractivity contribution < 1.29 is 21.6 Å². The van der Waals surface area contributed by atoms with Crippen LogP contribution in [0.25, 0.3) is 5.76 Å². The van der Waals surface area contributed by atoms with E-state index in [1.165, 1.54) is 15.9 Å². The maximum Gasteiger partial charge on any atom is 2.00 e. The molecule has 0 spiro atoms. The Kier molecular flexibility index (Phi) is 13.5. The second-order valence-corrected chi connectivity index (χ2v) is 11.1. The van der Waals surface area contributed by atoms with Crippen LogP contribution in [0.15, 0.2) is 157 Å². The van der Waals surface area contributed by atoms with Crippen LogP contribution in [0.1, 0.15) is 5.56 Å². The largest absolute Gasteiger partial charge is 2.00 e. The molecule has 188 valence electrons. The number of rotatable bonds is 4. The van der Waals surface area contributed by atoms with Crippen LogP contribution in [0.3, 0.4) is 0 Å². The van der Waals surface area contributed by atoms with Crippen molar-refractivity contribution in [1.82, 2.24) is 0 Å². The molecule has 0 aliphatic heterocycles. The van der Waals surface area contributed by atoms with E-state index in [0.717, 1.165) is 5.56 Å². The van der Waals surface area contributed by atoms with Gasteiger partial charge in [0.25, 0.3) is 0 Å². The van der Waals surface area contributed by atoms with Crippen LogP contribution in [0, 0.1) is 6.07 Å². The van der Waals surface area contributed by atoms with Gasteiger partial charge in [-0.15, -0.1) is 9.24 Å². The summed E-state index contributed by atoms with van der Waals surface area (Å²) in [6, 6.07) is 53.1. The minimum absolute atomic E-state index is 0. The van der Waals surface area contributed by atoms with E-state index in [2.05, 4.69) is 88.1 Å². The monoisotopic (exact) mass is 562 g/mol. The third-order valence-corrected chi connectivity index (χ3v) is 8.98. The Morgan fingerprint density at radius 2 is 0.919 bits per heavy atom. The molecule has 4 heteroatoms. The average molecular weight is 563 g/mol. The van der Waals surface area contributed by atoms with E-state index in [-0.39, 0.29) is 16.5 Å². The van der Waals surface area contributed by atoms with Crippen molar-refractivity contribution in [3.8, 4) is 0 Å². The predicted molar refractivity (Wildman–Crippen MR) is 163 cm³/mol. The number of benzene rings is 5. The second-order valence-electron chi connectivity index (χ2n) is 7.72. The molecule has 37 heavy (non-hydrogen) atoms. The molecule has 1 unspecified atom stereocenters. The third-order valence-electron chi connectivity index (χ3n) is 5.32. The predicted octanol–water partition coefficient (Wildman–Crippen LogP) is 7.19. The second kappa shape index (κ2) is 16.6. The van der Waals surface area contributed by atoms with E-state index in [9.17, 15) is 0 Å². The summed E-state index contributed by atoms with van der Waals surface area (Å²) in [5, 5.41) is 12.8. The molecule has 1 N–H and O–H groups in total. The van der Waals surface area contributed by atoms with Crippen LogP contribution < -0.4 is 15.9 Å². The first-order valence-electron chi connectivity index (χ1n) is 11.6. The summed E-state index contributed by atoms with van der Waals surface area (Å²) in [5.74, 6) is 1.89. The van der Waals surface area contributed by atoms with Gasteiger partial charge in [-0.3, -0.25) is 0 Å². The van der Waals surface area contributed by atoms with Gasteiger partial charge in [-0.25, -0.2) is 0 Å². The van der Waals surface area contributed by atoms with Gasteiger partial charge in [-0.1, -0.05) is 121 Å². The fourth-order valence-corrected chi connectivity index (χ4v) is 6.50. The van der Waals surface area contributed by atoms with Gasteiger partial charge in [-0.05, 0) is 21.7 Å². The average Bonchev–Trinajstić information content (AvgIpc) is 2.99. The molecule has 0 bridgehead atoms. The van der Waals surface area contributed by atoms with Gasteiger partial charge in [0, 0.05) is 5.56 Å². The molecule has 1 nitrogen and oxygen atoms in total. The molecule has 5 aromatic carbocycles. The molecule has 0 aliphatic carbocycles. The maximum absolute atomic E-state index is 9.17. The van der Waals surface area contributed by atoms with Crippen molar-refractivity contribution in [3.05, 3.63) is 169 Å². The normalized spacial score (nSPS) is 10.5. The summed E-state index contributed by atoms with van der Waals surface area (Å²) >= 11 is 0. The van der Waals surface area contributed by atoms with E-state index in [1.807, 2.05) is 78.9 Å². The Balaban J connectivity index is 0.000000235. The summed E-state index contributed by atoms with van der Waals surface area (Å²) in [7, 11) is 2.36. The number of hydrogen-bond donors (Lipinski definition) is 1. The quantitative estimate of drug-likeness (QED) is 0.106. The fraction of sp³-hybridized carbons (Fsp3) is 0. The van der Waals surface area contributed by atoms with Crippen LogP contribution in [0.5, 0.6) is 0 Å². The minimum Gasteiger partial charge on any atom is -0.507 e. The van der Waals surface area contributed by atoms with Gasteiger partial charge in [0.2, 0.25) is 0 Å². The van der Waals surface area contributed by atoms with Gasteiger partial charge in [0.15, 0.2) is 0 Å². The molecule has 0 radical (unpaired) electrons. The molecule has 0 aliphatic rings.